The van der Waals surface area contributed by atoms with Crippen LogP contribution in [0.25, 0.3) is 10.9 Å². The molecule has 1 aromatic heterocycles. The van der Waals surface area contributed by atoms with E-state index in [0.717, 1.165) is 21.9 Å². The Labute approximate surface area is 141 Å². The molecule has 3 N–H and O–H groups in total. The summed E-state index contributed by atoms with van der Waals surface area (Å²) in [6.07, 6.45) is 7.46. The summed E-state index contributed by atoms with van der Waals surface area (Å²) in [5.41, 5.74) is 8.34. The van der Waals surface area contributed by atoms with E-state index in [1.807, 2.05) is 42.5 Å². The van der Waals surface area contributed by atoms with Crippen molar-refractivity contribution in [3.8, 4) is 0 Å². The molecule has 6 heteroatoms. The number of fused-ring (bicyclic) bond motifs is 2. The molecule has 0 radical (unpaired) electrons. The zero-order chi connectivity index (χ0) is 16.9. The van der Waals surface area contributed by atoms with Gasteiger partial charge in [-0.15, -0.1) is 0 Å². The Morgan fingerprint density at radius 3 is 2.96 bits per heavy atom. The topological polar surface area (TPSA) is 81.3 Å². The molecule has 4 rings (SSSR count). The third kappa shape index (κ3) is 2.07. The maximum Gasteiger partial charge on any atom is 0.488 e. The molecule has 1 aliphatic carbocycles. The van der Waals surface area contributed by atoms with Gasteiger partial charge in [0, 0.05) is 17.3 Å². The van der Waals surface area contributed by atoms with Crippen molar-refractivity contribution < 1.29 is 9.68 Å². The smallest absolute Gasteiger partial charge is 0.423 e. The standard InChI is InChI=1S/C18H20BN3O2/c1-11(2)18(13-7-6-12-8-9-21-22-16(12)10-13)17-14(19(23)24-18)4-3-5-15(17)20/h3-11,15,17,23H,20H2,1-2H3. The average Bonchev–Trinajstić information content (AvgIpc) is 2.90. The van der Waals surface area contributed by atoms with Gasteiger partial charge in [0.1, 0.15) is 0 Å². The first kappa shape index (κ1) is 15.5. The lowest BCUT2D eigenvalue weighted by molar-refractivity contribution is -0.0169. The van der Waals surface area contributed by atoms with E-state index in [2.05, 4.69) is 24.0 Å². The molecule has 5 nitrogen and oxygen atoms in total. The van der Waals surface area contributed by atoms with Crippen LogP contribution >= 0.6 is 0 Å². The van der Waals surface area contributed by atoms with Crippen LogP contribution in [-0.2, 0) is 10.3 Å². The first-order valence-corrected chi connectivity index (χ1v) is 8.25. The van der Waals surface area contributed by atoms with E-state index in [1.54, 1.807) is 6.20 Å². The van der Waals surface area contributed by atoms with Crippen molar-refractivity contribution in [3.63, 3.8) is 0 Å². The van der Waals surface area contributed by atoms with E-state index in [4.69, 9.17) is 10.4 Å². The molecular formula is C18H20BN3O2. The highest BCUT2D eigenvalue weighted by molar-refractivity contribution is 6.53. The van der Waals surface area contributed by atoms with Crippen LogP contribution in [0.15, 0.2) is 54.2 Å². The Balaban J connectivity index is 1.92. The van der Waals surface area contributed by atoms with Crippen LogP contribution < -0.4 is 5.73 Å². The van der Waals surface area contributed by atoms with Gasteiger partial charge in [-0.3, -0.25) is 0 Å². The number of benzene rings is 1. The van der Waals surface area contributed by atoms with Crippen molar-refractivity contribution in [2.24, 2.45) is 17.6 Å². The number of hydrogen-bond donors (Lipinski definition) is 2. The van der Waals surface area contributed by atoms with Crippen LogP contribution in [0.5, 0.6) is 0 Å². The molecule has 122 valence electrons. The number of hydrogen-bond acceptors (Lipinski definition) is 5. The molecule has 0 spiro atoms. The quantitative estimate of drug-likeness (QED) is 0.827. The van der Waals surface area contributed by atoms with Gasteiger partial charge >= 0.3 is 7.12 Å². The van der Waals surface area contributed by atoms with E-state index in [0.29, 0.717) is 0 Å². The lowest BCUT2D eigenvalue weighted by Gasteiger charge is -2.42. The lowest BCUT2D eigenvalue weighted by Crippen LogP contribution is -2.46. The Hall–Kier alpha value is -2.02. The van der Waals surface area contributed by atoms with Crippen molar-refractivity contribution in [1.82, 2.24) is 10.2 Å². The molecule has 3 atom stereocenters. The summed E-state index contributed by atoms with van der Waals surface area (Å²) in [5.74, 6) is 0.0151. The monoisotopic (exact) mass is 321 g/mol. The molecule has 2 heterocycles. The normalized spacial score (nSPS) is 29.2. The molecule has 2 aliphatic rings. The number of allylic oxidation sites excluding steroid dienone is 2. The van der Waals surface area contributed by atoms with E-state index in [1.165, 1.54) is 0 Å². The maximum atomic E-state index is 10.5. The van der Waals surface area contributed by atoms with Crippen molar-refractivity contribution >= 4 is 18.0 Å². The second kappa shape index (κ2) is 5.51. The van der Waals surface area contributed by atoms with Crippen LogP contribution in [0.1, 0.15) is 19.4 Å². The summed E-state index contributed by atoms with van der Waals surface area (Å²) in [5, 5.41) is 19.7. The SMILES string of the molecule is CC(C)C1(c2ccc3ccnnc3c2)OB(O)C2=CC=CC(N)C21. The number of nitrogens with two attached hydrogens (primary N) is 1. The molecule has 0 amide bonds. The highest BCUT2D eigenvalue weighted by Gasteiger charge is 2.58. The molecule has 1 fully saturated rings. The Bertz CT molecular complexity index is 851. The summed E-state index contributed by atoms with van der Waals surface area (Å²) in [6, 6.07) is 7.79. The van der Waals surface area contributed by atoms with Crippen molar-refractivity contribution in [1.29, 1.82) is 0 Å². The fourth-order valence-electron chi connectivity index (χ4n) is 4.13. The average molecular weight is 321 g/mol. The van der Waals surface area contributed by atoms with E-state index >= 15 is 0 Å². The first-order valence-electron chi connectivity index (χ1n) is 8.25. The minimum absolute atomic E-state index is 0.105. The van der Waals surface area contributed by atoms with Crippen molar-refractivity contribution in [3.05, 3.63) is 59.7 Å². The molecular weight excluding hydrogens is 301 g/mol. The summed E-state index contributed by atoms with van der Waals surface area (Å²) < 4.78 is 6.18. The summed E-state index contributed by atoms with van der Waals surface area (Å²) in [4.78, 5) is 0. The Morgan fingerprint density at radius 1 is 1.33 bits per heavy atom. The van der Waals surface area contributed by atoms with Crippen LogP contribution in [0, 0.1) is 11.8 Å². The van der Waals surface area contributed by atoms with E-state index in [-0.39, 0.29) is 17.9 Å². The summed E-state index contributed by atoms with van der Waals surface area (Å²) >= 11 is 0. The Kier molecular flexibility index (Phi) is 3.56. The largest absolute Gasteiger partial charge is 0.488 e. The van der Waals surface area contributed by atoms with Gasteiger partial charge in [0.2, 0.25) is 0 Å². The van der Waals surface area contributed by atoms with Crippen molar-refractivity contribution in [2.75, 3.05) is 0 Å². The summed E-state index contributed by atoms with van der Waals surface area (Å²) in [6.45, 7) is 4.20. The molecule has 0 bridgehead atoms. The van der Waals surface area contributed by atoms with E-state index < -0.39 is 12.7 Å². The molecule has 2 aromatic rings. The van der Waals surface area contributed by atoms with Gasteiger partial charge in [0.25, 0.3) is 0 Å². The number of aromatic nitrogens is 2. The van der Waals surface area contributed by atoms with Gasteiger partial charge < -0.3 is 15.4 Å². The minimum Gasteiger partial charge on any atom is -0.423 e. The predicted molar refractivity (Wildman–Crippen MR) is 93.8 cm³/mol. The van der Waals surface area contributed by atoms with Crippen molar-refractivity contribution in [2.45, 2.75) is 25.5 Å². The van der Waals surface area contributed by atoms with Gasteiger partial charge in [-0.2, -0.15) is 10.2 Å². The third-order valence-corrected chi connectivity index (χ3v) is 5.25. The lowest BCUT2D eigenvalue weighted by atomic mass is 9.63. The molecule has 1 aliphatic heterocycles. The number of nitrogens with zero attached hydrogens (tertiary/aromatic N) is 2. The maximum absolute atomic E-state index is 10.5. The van der Waals surface area contributed by atoms with Gasteiger partial charge in [0.05, 0.1) is 17.3 Å². The van der Waals surface area contributed by atoms with Gasteiger partial charge in [-0.1, -0.05) is 44.2 Å². The second-order valence-corrected chi connectivity index (χ2v) is 6.83. The molecule has 1 saturated heterocycles. The van der Waals surface area contributed by atoms with Crippen LogP contribution in [-0.4, -0.2) is 28.4 Å². The van der Waals surface area contributed by atoms with Gasteiger partial charge in [-0.05, 0) is 29.1 Å². The minimum atomic E-state index is -0.939. The molecule has 3 unspecified atom stereocenters. The molecule has 0 saturated carbocycles. The predicted octanol–water partition coefficient (Wildman–Crippen LogP) is 1.97. The van der Waals surface area contributed by atoms with Gasteiger partial charge in [0.15, 0.2) is 0 Å². The number of rotatable bonds is 2. The second-order valence-electron chi connectivity index (χ2n) is 6.83. The van der Waals surface area contributed by atoms with Crippen LogP contribution in [0.3, 0.4) is 0 Å². The summed E-state index contributed by atoms with van der Waals surface area (Å²) in [7, 11) is -0.939. The molecule has 1 aromatic carbocycles. The third-order valence-electron chi connectivity index (χ3n) is 5.25. The Morgan fingerprint density at radius 2 is 2.17 bits per heavy atom. The van der Waals surface area contributed by atoms with E-state index in [9.17, 15) is 5.02 Å². The highest BCUT2D eigenvalue weighted by atomic mass is 16.5. The fraction of sp³-hybridized carbons (Fsp3) is 0.333. The molecule has 24 heavy (non-hydrogen) atoms. The highest BCUT2D eigenvalue weighted by Crippen LogP contribution is 2.52. The fourth-order valence-corrected chi connectivity index (χ4v) is 4.13. The first-order chi connectivity index (χ1) is 11.5. The zero-order valence-corrected chi connectivity index (χ0v) is 13.8. The van der Waals surface area contributed by atoms with Crippen LogP contribution in [0.2, 0.25) is 0 Å². The zero-order valence-electron chi connectivity index (χ0n) is 13.8. The van der Waals surface area contributed by atoms with Gasteiger partial charge in [-0.25, -0.2) is 0 Å². The van der Waals surface area contributed by atoms with Crippen LogP contribution in [0.4, 0.5) is 0 Å².